The quantitative estimate of drug-likeness (QED) is 0.810. The fourth-order valence-corrected chi connectivity index (χ4v) is 2.71. The van der Waals surface area contributed by atoms with Crippen molar-refractivity contribution in [2.75, 3.05) is 19.4 Å². The van der Waals surface area contributed by atoms with Gasteiger partial charge < -0.3 is 15.4 Å². The molecule has 7 heteroatoms. The molecule has 0 aromatic carbocycles. The van der Waals surface area contributed by atoms with Gasteiger partial charge in [-0.1, -0.05) is 6.92 Å². The molecular formula is C14H22N4O3. The number of nitrogen functional groups attached to an aromatic ring is 1. The number of methoxy groups -OCH3 is 1. The van der Waals surface area contributed by atoms with E-state index >= 15 is 0 Å². The van der Waals surface area contributed by atoms with Gasteiger partial charge in [0.15, 0.2) is 5.69 Å². The number of aromatic nitrogens is 2. The Balaban J connectivity index is 2.18. The normalized spacial score (nSPS) is 18.6. The summed E-state index contributed by atoms with van der Waals surface area (Å²) in [7, 11) is 1.36. The van der Waals surface area contributed by atoms with Gasteiger partial charge in [-0.2, -0.15) is 5.10 Å². The van der Waals surface area contributed by atoms with E-state index < -0.39 is 0 Å². The monoisotopic (exact) mass is 294 g/mol. The van der Waals surface area contributed by atoms with E-state index in [1.165, 1.54) is 7.11 Å². The van der Waals surface area contributed by atoms with Crippen molar-refractivity contribution in [1.29, 1.82) is 0 Å². The number of ether oxygens (including phenoxy) is 1. The van der Waals surface area contributed by atoms with Gasteiger partial charge in [-0.3, -0.25) is 14.7 Å². The first-order chi connectivity index (χ1) is 10.1. The van der Waals surface area contributed by atoms with Gasteiger partial charge in [0.2, 0.25) is 0 Å². The number of anilines is 1. The Morgan fingerprint density at radius 1 is 1.48 bits per heavy atom. The first-order valence-electron chi connectivity index (χ1n) is 7.29. The van der Waals surface area contributed by atoms with Gasteiger partial charge >= 0.3 is 5.97 Å². The fraction of sp³-hybridized carbons (Fsp3) is 0.643. The highest BCUT2D eigenvalue weighted by molar-refractivity contribution is 5.98. The zero-order valence-corrected chi connectivity index (χ0v) is 12.5. The Labute approximate surface area is 123 Å². The van der Waals surface area contributed by atoms with E-state index in [1.54, 1.807) is 4.90 Å². The van der Waals surface area contributed by atoms with Crippen LogP contribution in [0.25, 0.3) is 0 Å². The summed E-state index contributed by atoms with van der Waals surface area (Å²) in [5.74, 6) is -0.513. The number of nitrogens with two attached hydrogens (primary N) is 1. The molecule has 0 saturated carbocycles. The highest BCUT2D eigenvalue weighted by Gasteiger charge is 2.31. The molecule has 0 aliphatic carbocycles. The second-order valence-electron chi connectivity index (χ2n) is 5.25. The van der Waals surface area contributed by atoms with Crippen LogP contribution in [0, 0.1) is 0 Å². The second-order valence-corrected chi connectivity index (χ2v) is 5.25. The SMILES string of the molecule is CCc1[nH]nc(C(=O)N2CCCCC2CC(=O)OC)c1N. The number of piperidine rings is 1. The number of H-pyrrole nitrogens is 1. The molecular weight excluding hydrogens is 272 g/mol. The van der Waals surface area contributed by atoms with Crippen molar-refractivity contribution in [1.82, 2.24) is 15.1 Å². The van der Waals surface area contributed by atoms with E-state index in [2.05, 4.69) is 10.2 Å². The Kier molecular flexibility index (Phi) is 4.82. The molecule has 1 fully saturated rings. The molecule has 1 aliphatic rings. The minimum atomic E-state index is -0.302. The maximum absolute atomic E-state index is 12.6. The third-order valence-corrected chi connectivity index (χ3v) is 3.96. The number of likely N-dealkylation sites (tertiary alicyclic amines) is 1. The molecule has 2 heterocycles. The predicted octanol–water partition coefficient (Wildman–Crippen LogP) is 1.11. The van der Waals surface area contributed by atoms with Crippen LogP contribution in [-0.4, -0.2) is 46.7 Å². The van der Waals surface area contributed by atoms with E-state index in [4.69, 9.17) is 10.5 Å². The smallest absolute Gasteiger partial charge is 0.307 e. The van der Waals surface area contributed by atoms with Crippen LogP contribution in [0.5, 0.6) is 0 Å². The number of hydrogen-bond donors (Lipinski definition) is 2. The lowest BCUT2D eigenvalue weighted by Gasteiger charge is -2.34. The van der Waals surface area contributed by atoms with Crippen LogP contribution >= 0.6 is 0 Å². The number of amides is 1. The Hall–Kier alpha value is -2.05. The van der Waals surface area contributed by atoms with Crippen molar-refractivity contribution in [3.8, 4) is 0 Å². The van der Waals surface area contributed by atoms with Crippen LogP contribution < -0.4 is 5.73 Å². The van der Waals surface area contributed by atoms with Crippen LogP contribution in [0.1, 0.15) is 48.8 Å². The van der Waals surface area contributed by atoms with E-state index in [-0.39, 0.29) is 30.0 Å². The summed E-state index contributed by atoms with van der Waals surface area (Å²) in [6.07, 6.45) is 3.63. The van der Waals surface area contributed by atoms with E-state index in [0.717, 1.165) is 25.0 Å². The van der Waals surface area contributed by atoms with Crippen molar-refractivity contribution >= 4 is 17.6 Å². The van der Waals surface area contributed by atoms with Gasteiger partial charge in [-0.05, 0) is 25.7 Å². The lowest BCUT2D eigenvalue weighted by Crippen LogP contribution is -2.45. The number of carbonyl (C=O) groups is 2. The van der Waals surface area contributed by atoms with Crippen molar-refractivity contribution in [3.63, 3.8) is 0 Å². The molecule has 1 aliphatic heterocycles. The number of esters is 1. The van der Waals surface area contributed by atoms with Crippen LogP contribution in [-0.2, 0) is 16.0 Å². The molecule has 0 radical (unpaired) electrons. The summed E-state index contributed by atoms with van der Waals surface area (Å²) in [6, 6.07) is -0.139. The molecule has 1 atom stereocenters. The number of hydrogen-bond acceptors (Lipinski definition) is 5. The Bertz CT molecular complexity index is 526. The van der Waals surface area contributed by atoms with Crippen LogP contribution in [0.4, 0.5) is 5.69 Å². The summed E-state index contributed by atoms with van der Waals surface area (Å²) in [4.78, 5) is 25.8. The molecule has 1 amide bonds. The minimum absolute atomic E-state index is 0.139. The molecule has 1 saturated heterocycles. The number of nitrogens with one attached hydrogen (secondary N) is 1. The van der Waals surface area contributed by atoms with Gasteiger partial charge in [0.05, 0.1) is 24.9 Å². The molecule has 21 heavy (non-hydrogen) atoms. The summed E-state index contributed by atoms with van der Waals surface area (Å²) in [5, 5.41) is 6.83. The Morgan fingerprint density at radius 3 is 2.86 bits per heavy atom. The summed E-state index contributed by atoms with van der Waals surface area (Å²) in [5.41, 5.74) is 7.39. The molecule has 1 unspecified atom stereocenters. The van der Waals surface area contributed by atoms with Crippen LogP contribution in [0.2, 0.25) is 0 Å². The zero-order valence-electron chi connectivity index (χ0n) is 12.5. The first-order valence-corrected chi connectivity index (χ1v) is 7.29. The van der Waals surface area contributed by atoms with E-state index in [1.807, 2.05) is 6.92 Å². The molecule has 3 N–H and O–H groups in total. The van der Waals surface area contributed by atoms with E-state index in [9.17, 15) is 9.59 Å². The topological polar surface area (TPSA) is 101 Å². The maximum Gasteiger partial charge on any atom is 0.307 e. The highest BCUT2D eigenvalue weighted by Crippen LogP contribution is 2.24. The number of carbonyl (C=O) groups excluding carboxylic acids is 2. The van der Waals surface area contributed by atoms with Gasteiger partial charge in [-0.25, -0.2) is 0 Å². The molecule has 1 aromatic heterocycles. The summed E-state index contributed by atoms with van der Waals surface area (Å²) < 4.78 is 4.71. The summed E-state index contributed by atoms with van der Waals surface area (Å²) in [6.45, 7) is 2.56. The first kappa shape index (κ1) is 15.3. The molecule has 0 bridgehead atoms. The van der Waals surface area contributed by atoms with Gasteiger partial charge in [-0.15, -0.1) is 0 Å². The molecule has 2 rings (SSSR count). The van der Waals surface area contributed by atoms with Crippen LogP contribution in [0.3, 0.4) is 0 Å². The lowest BCUT2D eigenvalue weighted by molar-refractivity contribution is -0.142. The third-order valence-electron chi connectivity index (χ3n) is 3.96. The average molecular weight is 294 g/mol. The van der Waals surface area contributed by atoms with Crippen molar-refractivity contribution < 1.29 is 14.3 Å². The van der Waals surface area contributed by atoms with Gasteiger partial charge in [0, 0.05) is 12.6 Å². The van der Waals surface area contributed by atoms with Crippen molar-refractivity contribution in [3.05, 3.63) is 11.4 Å². The number of aromatic amines is 1. The van der Waals surface area contributed by atoms with E-state index in [0.29, 0.717) is 18.7 Å². The average Bonchev–Trinajstić information content (AvgIpc) is 2.87. The lowest BCUT2D eigenvalue weighted by atomic mass is 9.98. The van der Waals surface area contributed by atoms with Gasteiger partial charge in [0.25, 0.3) is 5.91 Å². The van der Waals surface area contributed by atoms with Crippen molar-refractivity contribution in [2.24, 2.45) is 0 Å². The fourth-order valence-electron chi connectivity index (χ4n) is 2.71. The number of nitrogens with zero attached hydrogens (tertiary/aromatic N) is 2. The second kappa shape index (κ2) is 6.60. The third kappa shape index (κ3) is 3.17. The number of aryl methyl sites for hydroxylation is 1. The largest absolute Gasteiger partial charge is 0.469 e. The summed E-state index contributed by atoms with van der Waals surface area (Å²) >= 11 is 0. The van der Waals surface area contributed by atoms with Crippen molar-refractivity contribution in [2.45, 2.75) is 45.1 Å². The standard InChI is InChI=1S/C14H22N4O3/c1-3-10-12(15)13(17-16-10)14(20)18-7-5-4-6-9(18)8-11(19)21-2/h9H,3-8,15H2,1-2H3,(H,16,17). The maximum atomic E-state index is 12.6. The molecule has 116 valence electrons. The number of rotatable bonds is 4. The highest BCUT2D eigenvalue weighted by atomic mass is 16.5. The minimum Gasteiger partial charge on any atom is -0.469 e. The molecule has 7 nitrogen and oxygen atoms in total. The zero-order chi connectivity index (χ0) is 15.4. The van der Waals surface area contributed by atoms with Gasteiger partial charge in [0.1, 0.15) is 0 Å². The molecule has 0 spiro atoms. The predicted molar refractivity (Wildman–Crippen MR) is 77.7 cm³/mol. The van der Waals surface area contributed by atoms with Crippen LogP contribution in [0.15, 0.2) is 0 Å². The molecule has 1 aromatic rings. The Morgan fingerprint density at radius 2 is 2.24 bits per heavy atom.